The van der Waals surface area contributed by atoms with Gasteiger partial charge in [0.1, 0.15) is 18.5 Å². The maximum atomic E-state index is 12.2. The fourth-order valence-corrected chi connectivity index (χ4v) is 2.71. The predicted molar refractivity (Wildman–Crippen MR) is 101 cm³/mol. The Bertz CT molecular complexity index is 508. The molecular weight excluding hydrogens is 342 g/mol. The number of para-hydroxylation sites is 1. The first kappa shape index (κ1) is 21.7. The summed E-state index contributed by atoms with van der Waals surface area (Å²) in [6.45, 7) is 7.55. The number of halogens is 1. The van der Waals surface area contributed by atoms with Crippen molar-refractivity contribution in [3.63, 3.8) is 0 Å². The van der Waals surface area contributed by atoms with E-state index in [1.807, 2.05) is 49.1 Å². The molecular formula is C18H30ClN3O3. The first-order chi connectivity index (χ1) is 11.5. The number of nitrogens with two attached hydrogens (primary N) is 1. The van der Waals surface area contributed by atoms with Crippen LogP contribution in [0.15, 0.2) is 30.3 Å². The number of nitrogens with zero attached hydrogens (tertiary/aromatic N) is 2. The van der Waals surface area contributed by atoms with Crippen molar-refractivity contribution < 1.29 is 14.6 Å². The SMILES string of the molecule is CC(C)[C@H](N)C(=O)N1CCN(CC(O)COc2ccccc2)CC1.Cl. The van der Waals surface area contributed by atoms with Crippen molar-refractivity contribution >= 4 is 18.3 Å². The third-order valence-corrected chi connectivity index (χ3v) is 4.34. The first-order valence-electron chi connectivity index (χ1n) is 8.60. The number of benzene rings is 1. The van der Waals surface area contributed by atoms with E-state index in [2.05, 4.69) is 4.90 Å². The van der Waals surface area contributed by atoms with Gasteiger partial charge in [-0.1, -0.05) is 32.0 Å². The van der Waals surface area contributed by atoms with Crippen LogP contribution in [0.1, 0.15) is 13.8 Å². The number of carbonyl (C=O) groups is 1. The minimum atomic E-state index is -0.551. The summed E-state index contributed by atoms with van der Waals surface area (Å²) in [5, 5.41) is 10.1. The molecule has 1 heterocycles. The molecule has 1 aliphatic heterocycles. The van der Waals surface area contributed by atoms with Gasteiger partial charge in [0.2, 0.25) is 5.91 Å². The van der Waals surface area contributed by atoms with Gasteiger partial charge in [0.15, 0.2) is 0 Å². The summed E-state index contributed by atoms with van der Waals surface area (Å²) in [5.41, 5.74) is 5.94. The lowest BCUT2D eigenvalue weighted by Crippen LogP contribution is -2.55. The lowest BCUT2D eigenvalue weighted by atomic mass is 10.0. The molecule has 0 bridgehead atoms. The Morgan fingerprint density at radius 3 is 2.36 bits per heavy atom. The van der Waals surface area contributed by atoms with Gasteiger partial charge in [-0.2, -0.15) is 0 Å². The van der Waals surface area contributed by atoms with Crippen LogP contribution in [0.4, 0.5) is 0 Å². The molecule has 1 unspecified atom stereocenters. The normalized spacial score (nSPS) is 17.7. The number of piperazine rings is 1. The third-order valence-electron chi connectivity index (χ3n) is 4.34. The standard InChI is InChI=1S/C18H29N3O3.ClH/c1-14(2)17(19)18(23)21-10-8-20(9-11-21)12-15(22)13-24-16-6-4-3-5-7-16;/h3-7,14-15,17,22H,8-13,19H2,1-2H3;1H/t15?,17-;/m0./s1. The summed E-state index contributed by atoms with van der Waals surface area (Å²) >= 11 is 0. The van der Waals surface area contributed by atoms with Crippen LogP contribution in [0.2, 0.25) is 0 Å². The van der Waals surface area contributed by atoms with Crippen molar-refractivity contribution in [1.29, 1.82) is 0 Å². The number of hydrogen-bond acceptors (Lipinski definition) is 5. The molecule has 0 aromatic heterocycles. The molecule has 1 amide bonds. The van der Waals surface area contributed by atoms with Gasteiger partial charge >= 0.3 is 0 Å². The topological polar surface area (TPSA) is 79.0 Å². The Morgan fingerprint density at radius 2 is 1.80 bits per heavy atom. The molecule has 2 rings (SSSR count). The largest absolute Gasteiger partial charge is 0.491 e. The van der Waals surface area contributed by atoms with Crippen LogP contribution in [0.25, 0.3) is 0 Å². The predicted octanol–water partition coefficient (Wildman–Crippen LogP) is 0.976. The average molecular weight is 372 g/mol. The molecule has 6 nitrogen and oxygen atoms in total. The molecule has 1 aliphatic rings. The van der Waals surface area contributed by atoms with Gasteiger partial charge in [-0.15, -0.1) is 12.4 Å². The minimum absolute atomic E-state index is 0. The number of aliphatic hydroxyl groups is 1. The zero-order valence-electron chi connectivity index (χ0n) is 15.0. The number of ether oxygens (including phenoxy) is 1. The molecule has 142 valence electrons. The molecule has 1 fully saturated rings. The third kappa shape index (κ3) is 6.82. The van der Waals surface area contributed by atoms with Crippen molar-refractivity contribution in [2.45, 2.75) is 26.0 Å². The van der Waals surface area contributed by atoms with Crippen LogP contribution in [-0.4, -0.2) is 72.3 Å². The number of amides is 1. The second kappa shape index (κ2) is 10.6. The fourth-order valence-electron chi connectivity index (χ4n) is 2.71. The van der Waals surface area contributed by atoms with E-state index in [0.29, 0.717) is 19.6 Å². The first-order valence-corrected chi connectivity index (χ1v) is 8.60. The molecule has 0 spiro atoms. The second-order valence-corrected chi connectivity index (χ2v) is 6.67. The summed E-state index contributed by atoms with van der Waals surface area (Å²) in [5.74, 6) is 0.930. The Morgan fingerprint density at radius 1 is 1.20 bits per heavy atom. The highest BCUT2D eigenvalue weighted by Gasteiger charge is 2.27. The van der Waals surface area contributed by atoms with Gasteiger partial charge in [0.05, 0.1) is 6.04 Å². The number of β-amino-alcohol motifs (C(OH)–C–C–N with tert-alkyl or cyclic N) is 1. The summed E-state index contributed by atoms with van der Waals surface area (Å²) < 4.78 is 5.57. The zero-order valence-corrected chi connectivity index (χ0v) is 15.8. The van der Waals surface area contributed by atoms with Crippen molar-refractivity contribution in [3.8, 4) is 5.75 Å². The Hall–Kier alpha value is -1.34. The van der Waals surface area contributed by atoms with Gasteiger partial charge in [-0.3, -0.25) is 9.69 Å². The van der Waals surface area contributed by atoms with E-state index in [0.717, 1.165) is 18.8 Å². The Balaban J connectivity index is 0.00000312. The highest BCUT2D eigenvalue weighted by atomic mass is 35.5. The lowest BCUT2D eigenvalue weighted by molar-refractivity contribution is -0.135. The molecule has 1 saturated heterocycles. The molecule has 25 heavy (non-hydrogen) atoms. The van der Waals surface area contributed by atoms with E-state index >= 15 is 0 Å². The molecule has 0 saturated carbocycles. The van der Waals surface area contributed by atoms with Crippen LogP contribution in [0, 0.1) is 5.92 Å². The van der Waals surface area contributed by atoms with Crippen LogP contribution in [0.5, 0.6) is 5.75 Å². The van der Waals surface area contributed by atoms with Crippen LogP contribution in [0.3, 0.4) is 0 Å². The fraction of sp³-hybridized carbons (Fsp3) is 0.611. The van der Waals surface area contributed by atoms with Crippen molar-refractivity contribution in [2.75, 3.05) is 39.3 Å². The van der Waals surface area contributed by atoms with Gasteiger partial charge in [-0.25, -0.2) is 0 Å². The molecule has 2 atom stereocenters. The molecule has 1 aromatic rings. The molecule has 3 N–H and O–H groups in total. The molecule has 0 radical (unpaired) electrons. The van der Waals surface area contributed by atoms with Gasteiger partial charge in [0, 0.05) is 32.7 Å². The van der Waals surface area contributed by atoms with Gasteiger partial charge < -0.3 is 20.5 Å². The maximum absolute atomic E-state index is 12.2. The van der Waals surface area contributed by atoms with Gasteiger partial charge in [0.25, 0.3) is 0 Å². The molecule has 7 heteroatoms. The van der Waals surface area contributed by atoms with Gasteiger partial charge in [-0.05, 0) is 18.1 Å². The number of rotatable bonds is 7. The van der Waals surface area contributed by atoms with Crippen molar-refractivity contribution in [2.24, 2.45) is 11.7 Å². The van der Waals surface area contributed by atoms with Crippen LogP contribution < -0.4 is 10.5 Å². The van der Waals surface area contributed by atoms with Crippen LogP contribution in [-0.2, 0) is 4.79 Å². The van der Waals surface area contributed by atoms with E-state index in [1.165, 1.54) is 0 Å². The lowest BCUT2D eigenvalue weighted by Gasteiger charge is -2.37. The van der Waals surface area contributed by atoms with E-state index in [9.17, 15) is 9.90 Å². The van der Waals surface area contributed by atoms with Crippen molar-refractivity contribution in [1.82, 2.24) is 9.80 Å². The number of aliphatic hydroxyl groups excluding tert-OH is 1. The van der Waals surface area contributed by atoms with E-state index < -0.39 is 12.1 Å². The Labute approximate surface area is 156 Å². The number of carbonyl (C=O) groups excluding carboxylic acids is 1. The number of hydrogen-bond donors (Lipinski definition) is 2. The summed E-state index contributed by atoms with van der Waals surface area (Å²) in [7, 11) is 0. The highest BCUT2D eigenvalue weighted by Crippen LogP contribution is 2.10. The summed E-state index contributed by atoms with van der Waals surface area (Å²) in [6.07, 6.45) is -0.551. The molecule has 0 aliphatic carbocycles. The monoisotopic (exact) mass is 371 g/mol. The van der Waals surface area contributed by atoms with Crippen molar-refractivity contribution in [3.05, 3.63) is 30.3 Å². The smallest absolute Gasteiger partial charge is 0.239 e. The maximum Gasteiger partial charge on any atom is 0.239 e. The van der Waals surface area contributed by atoms with E-state index in [1.54, 1.807) is 0 Å². The summed E-state index contributed by atoms with van der Waals surface area (Å²) in [4.78, 5) is 16.2. The average Bonchev–Trinajstić information content (AvgIpc) is 2.60. The quantitative estimate of drug-likeness (QED) is 0.746. The molecule has 1 aromatic carbocycles. The van der Waals surface area contributed by atoms with Crippen LogP contribution >= 0.6 is 12.4 Å². The zero-order chi connectivity index (χ0) is 17.5. The highest BCUT2D eigenvalue weighted by molar-refractivity contribution is 5.85. The minimum Gasteiger partial charge on any atom is -0.491 e. The second-order valence-electron chi connectivity index (χ2n) is 6.67. The Kier molecular flexibility index (Phi) is 9.21. The van der Waals surface area contributed by atoms with E-state index in [-0.39, 0.29) is 30.8 Å². The van der Waals surface area contributed by atoms with E-state index in [4.69, 9.17) is 10.5 Å². The summed E-state index contributed by atoms with van der Waals surface area (Å²) in [6, 6.07) is 9.04.